The first-order valence-corrected chi connectivity index (χ1v) is 13.5. The van der Waals surface area contributed by atoms with Gasteiger partial charge in [0.25, 0.3) is 0 Å². The number of aliphatic hydroxyl groups is 1. The van der Waals surface area contributed by atoms with Crippen LogP contribution in [-0.2, 0) is 0 Å². The Bertz CT molecular complexity index is 906. The highest BCUT2D eigenvalue weighted by Crippen LogP contribution is 2.30. The van der Waals surface area contributed by atoms with Gasteiger partial charge in [-0.25, -0.2) is 4.79 Å². The van der Waals surface area contributed by atoms with Crippen molar-refractivity contribution in [1.82, 2.24) is 9.80 Å². The quantitative estimate of drug-likeness (QED) is 0.549. The van der Waals surface area contributed by atoms with Crippen LogP contribution in [0.15, 0.2) is 53.4 Å². The monoisotopic (exact) mass is 483 g/mol. The Morgan fingerprint density at radius 1 is 1.03 bits per heavy atom. The number of nitrogens with one attached hydrogen (secondary N) is 1. The average Bonchev–Trinajstić information content (AvgIpc) is 2.89. The summed E-state index contributed by atoms with van der Waals surface area (Å²) in [6.45, 7) is 4.15. The summed E-state index contributed by atoms with van der Waals surface area (Å²) in [6.07, 6.45) is 5.65. The maximum absolute atomic E-state index is 12.6. The predicted molar refractivity (Wildman–Crippen MR) is 139 cm³/mol. The molecule has 2 aliphatic heterocycles. The van der Waals surface area contributed by atoms with E-state index in [-0.39, 0.29) is 18.1 Å². The molecule has 7 heteroatoms. The topological polar surface area (TPSA) is 65.0 Å². The zero-order chi connectivity index (χ0) is 23.9. The van der Waals surface area contributed by atoms with E-state index in [0.717, 1.165) is 56.8 Å². The fourth-order valence-corrected chi connectivity index (χ4v) is 5.51. The van der Waals surface area contributed by atoms with E-state index in [0.29, 0.717) is 19.0 Å². The Morgan fingerprint density at radius 3 is 2.26 bits per heavy atom. The molecule has 2 saturated heterocycles. The van der Waals surface area contributed by atoms with Gasteiger partial charge in [0, 0.05) is 30.2 Å². The van der Waals surface area contributed by atoms with Crippen LogP contribution in [0.1, 0.15) is 37.2 Å². The van der Waals surface area contributed by atoms with Gasteiger partial charge in [0.1, 0.15) is 5.75 Å². The molecule has 6 nitrogen and oxygen atoms in total. The van der Waals surface area contributed by atoms with E-state index in [4.69, 9.17) is 4.74 Å². The van der Waals surface area contributed by atoms with Gasteiger partial charge in [0.05, 0.1) is 13.2 Å². The van der Waals surface area contributed by atoms with Crippen LogP contribution in [0.4, 0.5) is 10.5 Å². The van der Waals surface area contributed by atoms with E-state index in [9.17, 15) is 9.90 Å². The van der Waals surface area contributed by atoms with Gasteiger partial charge in [0.2, 0.25) is 0 Å². The van der Waals surface area contributed by atoms with Gasteiger partial charge in [-0.3, -0.25) is 0 Å². The lowest BCUT2D eigenvalue weighted by molar-refractivity contribution is 0.0315. The van der Waals surface area contributed by atoms with Crippen LogP contribution in [0.2, 0.25) is 0 Å². The smallest absolute Gasteiger partial charge is 0.321 e. The number of carbonyl (C=O) groups is 1. The molecule has 0 bridgehead atoms. The molecule has 4 rings (SSSR count). The first kappa shape index (κ1) is 24.9. The number of aliphatic hydroxyl groups excluding tert-OH is 1. The van der Waals surface area contributed by atoms with Crippen molar-refractivity contribution in [3.63, 3.8) is 0 Å². The second-order valence-electron chi connectivity index (χ2n) is 9.40. The first-order chi connectivity index (χ1) is 16.6. The number of β-amino-alcohol motifs (C(OH)–C–C–N with tert-alkyl or cyclic N) is 1. The molecule has 2 aromatic carbocycles. The van der Waals surface area contributed by atoms with Crippen LogP contribution in [0.3, 0.4) is 0 Å². The molecule has 2 amide bonds. The van der Waals surface area contributed by atoms with Crippen LogP contribution in [0.5, 0.6) is 5.75 Å². The molecule has 0 saturated carbocycles. The van der Waals surface area contributed by atoms with Crippen molar-refractivity contribution in [3.05, 3.63) is 54.1 Å². The van der Waals surface area contributed by atoms with Gasteiger partial charge in [-0.2, -0.15) is 0 Å². The molecule has 0 aliphatic carbocycles. The van der Waals surface area contributed by atoms with Crippen molar-refractivity contribution >= 4 is 23.5 Å². The zero-order valence-corrected chi connectivity index (χ0v) is 21.1. The molecule has 2 aromatic rings. The fraction of sp³-hybridized carbons (Fsp3) is 0.519. The number of piperidine rings is 2. The third-order valence-corrected chi connectivity index (χ3v) is 8.08. The highest BCUT2D eigenvalue weighted by molar-refractivity contribution is 7.98. The maximum atomic E-state index is 12.6. The van der Waals surface area contributed by atoms with E-state index in [1.807, 2.05) is 47.6 Å². The molecule has 1 atom stereocenters. The lowest BCUT2D eigenvalue weighted by Crippen LogP contribution is -2.46. The minimum absolute atomic E-state index is 0.0505. The van der Waals surface area contributed by atoms with Gasteiger partial charge in [-0.1, -0.05) is 12.1 Å². The summed E-state index contributed by atoms with van der Waals surface area (Å²) >= 11 is 1.69. The summed E-state index contributed by atoms with van der Waals surface area (Å²) in [4.78, 5) is 18.1. The van der Waals surface area contributed by atoms with Crippen LogP contribution in [-0.4, -0.2) is 73.1 Å². The molecule has 2 fully saturated rings. The number of rotatable bonds is 7. The zero-order valence-electron chi connectivity index (χ0n) is 20.3. The molecule has 0 aromatic heterocycles. The van der Waals surface area contributed by atoms with Crippen molar-refractivity contribution < 1.29 is 14.6 Å². The third kappa shape index (κ3) is 6.46. The summed E-state index contributed by atoms with van der Waals surface area (Å²) < 4.78 is 5.27. The summed E-state index contributed by atoms with van der Waals surface area (Å²) in [5, 5.41) is 13.9. The first-order valence-electron chi connectivity index (χ1n) is 12.3. The molecule has 0 spiro atoms. The number of carbonyl (C=O) groups excluding carboxylic acids is 1. The largest absolute Gasteiger partial charge is 0.497 e. The number of methoxy groups -OCH3 is 1. The average molecular weight is 484 g/mol. The lowest BCUT2D eigenvalue weighted by Gasteiger charge is -2.38. The van der Waals surface area contributed by atoms with Crippen molar-refractivity contribution in [2.24, 2.45) is 5.92 Å². The number of nitrogens with zero attached hydrogens (tertiary/aromatic N) is 2. The van der Waals surface area contributed by atoms with Crippen molar-refractivity contribution in [2.45, 2.75) is 42.6 Å². The number of anilines is 1. The normalized spacial score (nSPS) is 19.1. The predicted octanol–water partition coefficient (Wildman–Crippen LogP) is 4.90. The number of hydrogen-bond donors (Lipinski definition) is 2. The number of amides is 2. The van der Waals surface area contributed by atoms with E-state index in [2.05, 4.69) is 22.3 Å². The number of ether oxygens (including phenoxy) is 1. The number of hydrogen-bond acceptors (Lipinski definition) is 5. The number of benzene rings is 2. The van der Waals surface area contributed by atoms with Crippen molar-refractivity contribution in [1.29, 1.82) is 0 Å². The molecule has 184 valence electrons. The second kappa shape index (κ2) is 12.0. The third-order valence-electron chi connectivity index (χ3n) is 7.33. The molecular weight excluding hydrogens is 446 g/mol. The minimum Gasteiger partial charge on any atom is -0.497 e. The Morgan fingerprint density at radius 2 is 1.68 bits per heavy atom. The molecule has 1 unspecified atom stereocenters. The Balaban J connectivity index is 1.18. The fourth-order valence-electron chi connectivity index (χ4n) is 5.10. The van der Waals surface area contributed by atoms with Gasteiger partial charge in [0.15, 0.2) is 0 Å². The molecule has 2 heterocycles. The minimum atomic E-state index is -0.332. The highest BCUT2D eigenvalue weighted by atomic mass is 32.2. The van der Waals surface area contributed by atoms with E-state index in [1.165, 1.54) is 10.5 Å². The van der Waals surface area contributed by atoms with Crippen LogP contribution in [0.25, 0.3) is 0 Å². The molecule has 2 N–H and O–H groups in total. The van der Waals surface area contributed by atoms with Crippen molar-refractivity contribution in [2.75, 3.05) is 51.4 Å². The van der Waals surface area contributed by atoms with Gasteiger partial charge in [-0.05, 0) is 98.8 Å². The standard InChI is InChI=1S/C27H37N3O3S/c1-33-24-7-3-20(4-8-24)21-11-15-29(16-12-21)19-26(31)22-13-17-30(18-14-22)27(32)28-23-5-9-25(34-2)10-6-23/h3-10,21-22,26,31H,11-19H2,1-2H3,(H,28,32). The highest BCUT2D eigenvalue weighted by Gasteiger charge is 2.30. The van der Waals surface area contributed by atoms with E-state index < -0.39 is 0 Å². The van der Waals surface area contributed by atoms with Crippen LogP contribution < -0.4 is 10.1 Å². The summed E-state index contributed by atoms with van der Waals surface area (Å²) in [7, 11) is 1.70. The van der Waals surface area contributed by atoms with E-state index >= 15 is 0 Å². The second-order valence-corrected chi connectivity index (χ2v) is 10.3. The van der Waals surface area contributed by atoms with Gasteiger partial charge >= 0.3 is 6.03 Å². The number of urea groups is 1. The SMILES string of the molecule is COc1ccc(C2CCN(CC(O)C3CCN(C(=O)Nc4ccc(SC)cc4)CC3)CC2)cc1. The Kier molecular flexibility index (Phi) is 8.75. The number of thioether (sulfide) groups is 1. The van der Waals surface area contributed by atoms with E-state index in [1.54, 1.807) is 18.9 Å². The lowest BCUT2D eigenvalue weighted by atomic mass is 9.88. The molecule has 34 heavy (non-hydrogen) atoms. The Labute approximate surface area is 207 Å². The van der Waals surface area contributed by atoms with Crippen LogP contribution >= 0.6 is 11.8 Å². The molecule has 2 aliphatic rings. The number of likely N-dealkylation sites (tertiary alicyclic amines) is 2. The maximum Gasteiger partial charge on any atom is 0.321 e. The summed E-state index contributed by atoms with van der Waals surface area (Å²) in [6, 6.07) is 16.3. The van der Waals surface area contributed by atoms with Gasteiger partial charge < -0.3 is 25.0 Å². The molecule has 0 radical (unpaired) electrons. The molecular formula is C27H37N3O3S. The Hall–Kier alpha value is -2.22. The van der Waals surface area contributed by atoms with Crippen molar-refractivity contribution in [3.8, 4) is 5.75 Å². The van der Waals surface area contributed by atoms with Gasteiger partial charge in [-0.15, -0.1) is 11.8 Å². The summed E-state index contributed by atoms with van der Waals surface area (Å²) in [5.41, 5.74) is 2.20. The van der Waals surface area contributed by atoms with Crippen LogP contribution in [0, 0.1) is 5.92 Å². The summed E-state index contributed by atoms with van der Waals surface area (Å²) in [5.74, 6) is 1.74.